The van der Waals surface area contributed by atoms with Gasteiger partial charge in [0.25, 0.3) is 0 Å². The summed E-state index contributed by atoms with van der Waals surface area (Å²) in [5.74, 6) is 1.56. The second-order valence-electron chi connectivity index (χ2n) is 6.52. The topological polar surface area (TPSA) is 75.7 Å². The summed E-state index contributed by atoms with van der Waals surface area (Å²) in [6.45, 7) is 2.60. The predicted octanol–water partition coefficient (Wildman–Crippen LogP) is 3.14. The molecule has 2 N–H and O–H groups in total. The Morgan fingerprint density at radius 3 is 2.67 bits per heavy atom. The van der Waals surface area contributed by atoms with Gasteiger partial charge in [-0.15, -0.1) is 0 Å². The Balaban J connectivity index is 1.47. The number of nitrogens with zero attached hydrogens (tertiary/aromatic N) is 2. The summed E-state index contributed by atoms with van der Waals surface area (Å²) in [5, 5.41) is 5.80. The number of aromatic nitrogens is 1. The molecule has 144 valence electrons. The van der Waals surface area contributed by atoms with Gasteiger partial charge in [0.05, 0.1) is 31.8 Å². The molecule has 0 unspecified atom stereocenters. The second kappa shape index (κ2) is 9.12. The number of hydrogen-bond donors (Lipinski definition) is 2. The maximum absolute atomic E-state index is 12.3. The molecule has 2 aromatic rings. The molecule has 7 heteroatoms. The molecule has 0 radical (unpaired) electrons. The zero-order valence-electron chi connectivity index (χ0n) is 15.8. The number of para-hydroxylation sites is 1. The lowest BCUT2D eigenvalue weighted by Crippen LogP contribution is -2.39. The van der Waals surface area contributed by atoms with Gasteiger partial charge in [-0.3, -0.25) is 4.98 Å². The molecule has 1 saturated heterocycles. The Labute approximate surface area is 159 Å². The first-order valence-corrected chi connectivity index (χ1v) is 9.12. The minimum Gasteiger partial charge on any atom is -0.493 e. The van der Waals surface area contributed by atoms with E-state index in [9.17, 15) is 4.79 Å². The number of carbonyl (C=O) groups excluding carboxylic acids is 1. The number of urea groups is 1. The van der Waals surface area contributed by atoms with Crippen LogP contribution >= 0.6 is 0 Å². The van der Waals surface area contributed by atoms with Crippen molar-refractivity contribution in [3.63, 3.8) is 0 Å². The van der Waals surface area contributed by atoms with E-state index in [4.69, 9.17) is 9.47 Å². The van der Waals surface area contributed by atoms with Gasteiger partial charge in [-0.1, -0.05) is 6.07 Å². The summed E-state index contributed by atoms with van der Waals surface area (Å²) in [5.41, 5.74) is 1.74. The quantitative estimate of drug-likeness (QED) is 0.817. The first-order chi connectivity index (χ1) is 13.2. The van der Waals surface area contributed by atoms with Gasteiger partial charge in [0.15, 0.2) is 11.5 Å². The van der Waals surface area contributed by atoms with Crippen molar-refractivity contribution < 1.29 is 14.3 Å². The van der Waals surface area contributed by atoms with Gasteiger partial charge in [-0.25, -0.2) is 4.79 Å². The molecule has 3 rings (SSSR count). The van der Waals surface area contributed by atoms with Gasteiger partial charge in [0, 0.05) is 25.8 Å². The van der Waals surface area contributed by atoms with Crippen LogP contribution in [0.3, 0.4) is 0 Å². The van der Waals surface area contributed by atoms with Crippen molar-refractivity contribution in [2.24, 2.45) is 5.92 Å². The number of pyridine rings is 1. The van der Waals surface area contributed by atoms with Crippen molar-refractivity contribution in [3.05, 3.63) is 42.7 Å². The second-order valence-corrected chi connectivity index (χ2v) is 6.52. The Kier molecular flexibility index (Phi) is 6.35. The van der Waals surface area contributed by atoms with Crippen LogP contribution in [0.2, 0.25) is 0 Å². The minimum absolute atomic E-state index is 0.240. The molecular weight excluding hydrogens is 344 g/mol. The molecule has 1 aliphatic rings. The number of carbonyl (C=O) groups is 1. The van der Waals surface area contributed by atoms with Gasteiger partial charge >= 0.3 is 6.03 Å². The summed E-state index contributed by atoms with van der Waals surface area (Å²) in [7, 11) is 3.12. The molecule has 0 aliphatic carbocycles. The van der Waals surface area contributed by atoms with Crippen LogP contribution in [0.25, 0.3) is 0 Å². The average molecular weight is 370 g/mol. The fourth-order valence-corrected chi connectivity index (χ4v) is 3.33. The van der Waals surface area contributed by atoms with Gasteiger partial charge in [-0.2, -0.15) is 0 Å². The molecule has 1 fully saturated rings. The monoisotopic (exact) mass is 370 g/mol. The van der Waals surface area contributed by atoms with Crippen LogP contribution < -0.4 is 25.0 Å². The lowest BCUT2D eigenvalue weighted by Gasteiger charge is -2.33. The normalized spacial score (nSPS) is 14.5. The van der Waals surface area contributed by atoms with Crippen LogP contribution in [0.4, 0.5) is 16.2 Å². The van der Waals surface area contributed by atoms with Crippen LogP contribution in [0.15, 0.2) is 42.7 Å². The predicted molar refractivity (Wildman–Crippen MR) is 106 cm³/mol. The third-order valence-corrected chi connectivity index (χ3v) is 4.83. The van der Waals surface area contributed by atoms with Crippen molar-refractivity contribution in [1.82, 2.24) is 10.3 Å². The van der Waals surface area contributed by atoms with Gasteiger partial charge in [0.1, 0.15) is 0 Å². The van der Waals surface area contributed by atoms with Crippen molar-refractivity contribution >= 4 is 17.4 Å². The van der Waals surface area contributed by atoms with Crippen LogP contribution in [0, 0.1) is 5.92 Å². The Morgan fingerprint density at radius 2 is 2.00 bits per heavy atom. The fraction of sp³-hybridized carbons (Fsp3) is 0.400. The van der Waals surface area contributed by atoms with Crippen molar-refractivity contribution in [2.75, 3.05) is 44.1 Å². The number of hydrogen-bond acceptors (Lipinski definition) is 5. The SMILES string of the molecule is COc1cccc(NC(=O)NCC2CCN(c3cccnc3)CC2)c1OC. The fourth-order valence-electron chi connectivity index (χ4n) is 3.33. The molecule has 1 aromatic carbocycles. The first kappa shape index (κ1) is 18.8. The third-order valence-electron chi connectivity index (χ3n) is 4.83. The molecule has 0 atom stereocenters. The molecule has 1 aromatic heterocycles. The number of rotatable bonds is 6. The molecule has 1 aliphatic heterocycles. The van der Waals surface area contributed by atoms with E-state index in [0.29, 0.717) is 29.6 Å². The van der Waals surface area contributed by atoms with E-state index in [0.717, 1.165) is 31.6 Å². The summed E-state index contributed by atoms with van der Waals surface area (Å²) in [6.07, 6.45) is 5.76. The van der Waals surface area contributed by atoms with E-state index in [1.54, 1.807) is 32.5 Å². The van der Waals surface area contributed by atoms with Gasteiger partial charge < -0.3 is 25.0 Å². The molecule has 0 spiro atoms. The standard InChI is InChI=1S/C20H26N4O3/c1-26-18-7-3-6-17(19(18)27-2)23-20(25)22-13-15-8-11-24(12-9-15)16-5-4-10-21-14-16/h3-7,10,14-15H,8-9,11-13H2,1-2H3,(H2,22,23,25). The average Bonchev–Trinajstić information content (AvgIpc) is 2.73. The molecular formula is C20H26N4O3. The number of methoxy groups -OCH3 is 2. The highest BCUT2D eigenvalue weighted by molar-refractivity contribution is 5.91. The Morgan fingerprint density at radius 1 is 1.19 bits per heavy atom. The van der Waals surface area contributed by atoms with Crippen LogP contribution in [0.1, 0.15) is 12.8 Å². The molecule has 27 heavy (non-hydrogen) atoms. The third kappa shape index (κ3) is 4.81. The Hall–Kier alpha value is -2.96. The van der Waals surface area contributed by atoms with E-state index >= 15 is 0 Å². The zero-order chi connectivity index (χ0) is 19.1. The van der Waals surface area contributed by atoms with E-state index < -0.39 is 0 Å². The lowest BCUT2D eigenvalue weighted by atomic mass is 9.96. The number of ether oxygens (including phenoxy) is 2. The van der Waals surface area contributed by atoms with E-state index in [2.05, 4.69) is 26.6 Å². The molecule has 0 bridgehead atoms. The number of piperidine rings is 1. The smallest absolute Gasteiger partial charge is 0.319 e. The summed E-state index contributed by atoms with van der Waals surface area (Å²) in [4.78, 5) is 18.8. The number of nitrogens with one attached hydrogen (secondary N) is 2. The van der Waals surface area contributed by atoms with Crippen LogP contribution in [-0.4, -0.2) is 44.9 Å². The number of anilines is 2. The summed E-state index contributed by atoms with van der Waals surface area (Å²) < 4.78 is 10.6. The molecule has 0 saturated carbocycles. The van der Waals surface area contributed by atoms with Gasteiger partial charge in [-0.05, 0) is 43.0 Å². The Bertz CT molecular complexity index is 746. The zero-order valence-corrected chi connectivity index (χ0v) is 15.8. The van der Waals surface area contributed by atoms with Crippen molar-refractivity contribution in [2.45, 2.75) is 12.8 Å². The van der Waals surface area contributed by atoms with E-state index in [1.165, 1.54) is 0 Å². The highest BCUT2D eigenvalue weighted by Crippen LogP contribution is 2.34. The summed E-state index contributed by atoms with van der Waals surface area (Å²) in [6, 6.07) is 9.19. The van der Waals surface area contributed by atoms with Crippen LogP contribution in [-0.2, 0) is 0 Å². The highest BCUT2D eigenvalue weighted by atomic mass is 16.5. The largest absolute Gasteiger partial charge is 0.493 e. The number of amides is 2. The molecule has 2 heterocycles. The maximum Gasteiger partial charge on any atom is 0.319 e. The van der Waals surface area contributed by atoms with E-state index in [-0.39, 0.29) is 6.03 Å². The van der Waals surface area contributed by atoms with Gasteiger partial charge in [0.2, 0.25) is 0 Å². The minimum atomic E-state index is -0.240. The number of benzene rings is 1. The molecule has 2 amide bonds. The lowest BCUT2D eigenvalue weighted by molar-refractivity contribution is 0.248. The van der Waals surface area contributed by atoms with Crippen LogP contribution in [0.5, 0.6) is 11.5 Å². The maximum atomic E-state index is 12.3. The summed E-state index contributed by atoms with van der Waals surface area (Å²) >= 11 is 0. The molecule has 7 nitrogen and oxygen atoms in total. The first-order valence-electron chi connectivity index (χ1n) is 9.12. The van der Waals surface area contributed by atoms with E-state index in [1.807, 2.05) is 18.3 Å². The highest BCUT2D eigenvalue weighted by Gasteiger charge is 2.20. The van der Waals surface area contributed by atoms with Crippen molar-refractivity contribution in [3.8, 4) is 11.5 Å². The van der Waals surface area contributed by atoms with Crippen molar-refractivity contribution in [1.29, 1.82) is 0 Å².